The van der Waals surface area contributed by atoms with E-state index in [4.69, 9.17) is 0 Å². The number of para-hydroxylation sites is 1. The van der Waals surface area contributed by atoms with Crippen molar-refractivity contribution in [2.45, 2.75) is 27.7 Å². The highest BCUT2D eigenvalue weighted by atomic mass is 15.0. The van der Waals surface area contributed by atoms with Crippen molar-refractivity contribution < 1.29 is 0 Å². The molecule has 0 N–H and O–H groups in total. The van der Waals surface area contributed by atoms with Gasteiger partial charge in [-0.05, 0) is 62.1 Å². The Kier molecular flexibility index (Phi) is 6.50. The molecule has 1 aromatic heterocycles. The highest BCUT2D eigenvalue weighted by molar-refractivity contribution is 6.03. The Morgan fingerprint density at radius 3 is 0.974 bits per heavy atom. The Morgan fingerprint density at radius 1 is 0.333 bits per heavy atom. The summed E-state index contributed by atoms with van der Waals surface area (Å²) >= 11 is 0. The van der Waals surface area contributed by atoms with Gasteiger partial charge in [0.2, 0.25) is 0 Å². The van der Waals surface area contributed by atoms with Crippen LogP contribution in [-0.4, -0.2) is 4.57 Å². The molecular formula is C38H33N. The van der Waals surface area contributed by atoms with E-state index in [-0.39, 0.29) is 0 Å². The SMILES string of the molecule is Cc1ccc(-c2c(-c3ccc(C)cc3)c(-c3ccc(C)cc3)n(-c3ccccc3)c2-c2ccc(C)cc2)cc1. The number of aryl methyl sites for hydroxylation is 4. The highest BCUT2D eigenvalue weighted by Gasteiger charge is 2.27. The van der Waals surface area contributed by atoms with Crippen LogP contribution in [0.15, 0.2) is 127 Å². The van der Waals surface area contributed by atoms with E-state index in [1.165, 1.54) is 67.0 Å². The highest BCUT2D eigenvalue weighted by Crippen LogP contribution is 2.49. The van der Waals surface area contributed by atoms with Crippen LogP contribution in [-0.2, 0) is 0 Å². The smallest absolute Gasteiger partial charge is 0.0619 e. The Morgan fingerprint density at radius 2 is 0.641 bits per heavy atom. The standard InChI is InChI=1S/C38H33N/c1-26-10-18-30(19-11-26)35-36(31-20-12-27(2)13-21-31)38(33-24-16-29(4)17-25-33)39(34-8-6-5-7-9-34)37(35)32-22-14-28(3)15-23-32/h5-25H,1-4H3. The summed E-state index contributed by atoms with van der Waals surface area (Å²) in [6.07, 6.45) is 0. The average Bonchev–Trinajstić information content (AvgIpc) is 3.31. The lowest BCUT2D eigenvalue weighted by molar-refractivity contribution is 1.09. The van der Waals surface area contributed by atoms with Gasteiger partial charge in [0, 0.05) is 16.8 Å². The first-order chi connectivity index (χ1) is 19.0. The number of nitrogens with zero attached hydrogens (tertiary/aromatic N) is 1. The first-order valence-electron chi connectivity index (χ1n) is 13.6. The molecule has 0 unspecified atom stereocenters. The van der Waals surface area contributed by atoms with Gasteiger partial charge in [-0.15, -0.1) is 0 Å². The molecule has 0 fully saturated rings. The van der Waals surface area contributed by atoms with Gasteiger partial charge in [0.1, 0.15) is 0 Å². The first-order valence-corrected chi connectivity index (χ1v) is 13.6. The predicted molar refractivity (Wildman–Crippen MR) is 166 cm³/mol. The van der Waals surface area contributed by atoms with E-state index in [9.17, 15) is 0 Å². The van der Waals surface area contributed by atoms with Gasteiger partial charge in [0.05, 0.1) is 11.4 Å². The lowest BCUT2D eigenvalue weighted by Crippen LogP contribution is -2.00. The molecule has 0 aliphatic heterocycles. The van der Waals surface area contributed by atoms with Crippen molar-refractivity contribution in [2.75, 3.05) is 0 Å². The fraction of sp³-hybridized carbons (Fsp3) is 0.105. The molecule has 0 radical (unpaired) electrons. The van der Waals surface area contributed by atoms with Crippen LogP contribution in [0.2, 0.25) is 0 Å². The van der Waals surface area contributed by atoms with Gasteiger partial charge in [-0.2, -0.15) is 0 Å². The zero-order chi connectivity index (χ0) is 26.9. The van der Waals surface area contributed by atoms with Gasteiger partial charge in [0.25, 0.3) is 0 Å². The van der Waals surface area contributed by atoms with Gasteiger partial charge in [-0.3, -0.25) is 0 Å². The summed E-state index contributed by atoms with van der Waals surface area (Å²) in [4.78, 5) is 0. The normalized spacial score (nSPS) is 11.1. The van der Waals surface area contributed by atoms with Crippen LogP contribution >= 0.6 is 0 Å². The molecule has 6 rings (SSSR count). The van der Waals surface area contributed by atoms with Crippen molar-refractivity contribution in [2.24, 2.45) is 0 Å². The van der Waals surface area contributed by atoms with Gasteiger partial charge in [-0.25, -0.2) is 0 Å². The molecule has 0 atom stereocenters. The van der Waals surface area contributed by atoms with Crippen molar-refractivity contribution in [1.29, 1.82) is 0 Å². The molecule has 6 aromatic rings. The van der Waals surface area contributed by atoms with Crippen LogP contribution < -0.4 is 0 Å². The van der Waals surface area contributed by atoms with Gasteiger partial charge in [0.15, 0.2) is 0 Å². The molecular weight excluding hydrogens is 470 g/mol. The monoisotopic (exact) mass is 503 g/mol. The topological polar surface area (TPSA) is 4.93 Å². The summed E-state index contributed by atoms with van der Waals surface area (Å²) in [5, 5.41) is 0. The summed E-state index contributed by atoms with van der Waals surface area (Å²) in [5.41, 5.74) is 15.9. The molecule has 0 saturated carbocycles. The minimum absolute atomic E-state index is 1.15. The molecule has 5 aromatic carbocycles. The molecule has 1 nitrogen and oxygen atoms in total. The first kappa shape index (κ1) is 24.7. The van der Waals surface area contributed by atoms with Crippen LogP contribution in [0.25, 0.3) is 50.5 Å². The molecule has 0 bridgehead atoms. The van der Waals surface area contributed by atoms with E-state index in [1.807, 2.05) is 0 Å². The van der Waals surface area contributed by atoms with Crippen LogP contribution in [0.4, 0.5) is 0 Å². The average molecular weight is 504 g/mol. The van der Waals surface area contributed by atoms with E-state index in [0.29, 0.717) is 0 Å². The number of hydrogen-bond acceptors (Lipinski definition) is 0. The van der Waals surface area contributed by atoms with E-state index >= 15 is 0 Å². The summed E-state index contributed by atoms with van der Waals surface area (Å²) in [5.74, 6) is 0. The Balaban J connectivity index is 1.84. The number of benzene rings is 5. The molecule has 0 aliphatic rings. The van der Waals surface area contributed by atoms with Crippen LogP contribution in [0.3, 0.4) is 0 Å². The second-order valence-corrected chi connectivity index (χ2v) is 10.6. The van der Waals surface area contributed by atoms with E-state index in [1.54, 1.807) is 0 Å². The number of rotatable bonds is 5. The summed E-state index contributed by atoms with van der Waals surface area (Å²) in [6, 6.07) is 46.7. The maximum atomic E-state index is 2.47. The minimum Gasteiger partial charge on any atom is -0.308 e. The van der Waals surface area contributed by atoms with Crippen molar-refractivity contribution in [1.82, 2.24) is 4.57 Å². The second-order valence-electron chi connectivity index (χ2n) is 10.6. The summed E-state index contributed by atoms with van der Waals surface area (Å²) < 4.78 is 2.47. The summed E-state index contributed by atoms with van der Waals surface area (Å²) in [7, 11) is 0. The van der Waals surface area contributed by atoms with Gasteiger partial charge in [-0.1, -0.05) is 138 Å². The molecule has 1 heteroatoms. The van der Waals surface area contributed by atoms with Crippen molar-refractivity contribution in [3.8, 4) is 50.5 Å². The molecule has 1 heterocycles. The van der Waals surface area contributed by atoms with Crippen LogP contribution in [0, 0.1) is 27.7 Å². The molecule has 0 amide bonds. The third kappa shape index (κ3) is 4.73. The Labute approximate surface area is 232 Å². The molecule has 190 valence electrons. The third-order valence-electron chi connectivity index (χ3n) is 7.52. The lowest BCUT2D eigenvalue weighted by atomic mass is 9.90. The van der Waals surface area contributed by atoms with Gasteiger partial charge >= 0.3 is 0 Å². The van der Waals surface area contributed by atoms with Crippen molar-refractivity contribution in [3.63, 3.8) is 0 Å². The molecule has 39 heavy (non-hydrogen) atoms. The van der Waals surface area contributed by atoms with Crippen LogP contribution in [0.5, 0.6) is 0 Å². The van der Waals surface area contributed by atoms with E-state index in [2.05, 4.69) is 160 Å². The predicted octanol–water partition coefficient (Wildman–Crippen LogP) is 10.4. The maximum absolute atomic E-state index is 2.47. The third-order valence-corrected chi connectivity index (χ3v) is 7.52. The minimum atomic E-state index is 1.15. The zero-order valence-corrected chi connectivity index (χ0v) is 23.1. The van der Waals surface area contributed by atoms with Crippen LogP contribution in [0.1, 0.15) is 22.3 Å². The Bertz CT molecular complexity index is 1600. The van der Waals surface area contributed by atoms with Crippen molar-refractivity contribution >= 4 is 0 Å². The largest absolute Gasteiger partial charge is 0.308 e. The maximum Gasteiger partial charge on any atom is 0.0619 e. The van der Waals surface area contributed by atoms with E-state index in [0.717, 1.165) is 5.69 Å². The zero-order valence-electron chi connectivity index (χ0n) is 23.1. The number of aromatic nitrogens is 1. The fourth-order valence-corrected chi connectivity index (χ4v) is 5.38. The molecule has 0 aliphatic carbocycles. The molecule has 0 spiro atoms. The second kappa shape index (κ2) is 10.3. The van der Waals surface area contributed by atoms with Gasteiger partial charge < -0.3 is 4.57 Å². The quantitative estimate of drug-likeness (QED) is 0.220. The Hall–Kier alpha value is -4.62. The lowest BCUT2D eigenvalue weighted by Gasteiger charge is -2.16. The fourth-order valence-electron chi connectivity index (χ4n) is 5.38. The number of hydrogen-bond donors (Lipinski definition) is 0. The molecule has 0 saturated heterocycles. The van der Waals surface area contributed by atoms with Crippen molar-refractivity contribution in [3.05, 3.63) is 150 Å². The summed E-state index contributed by atoms with van der Waals surface area (Å²) in [6.45, 7) is 8.60. The van der Waals surface area contributed by atoms with E-state index < -0.39 is 0 Å².